The van der Waals surface area contributed by atoms with Gasteiger partial charge in [0.25, 0.3) is 0 Å². The number of hydrogen-bond acceptors (Lipinski definition) is 18. The monoisotopic (exact) mass is 818 g/mol. The van der Waals surface area contributed by atoms with E-state index in [1.54, 1.807) is 0 Å². The van der Waals surface area contributed by atoms with E-state index in [1.807, 2.05) is 6.92 Å². The molecular formula is C39H62O18. The minimum atomic E-state index is -1.87. The zero-order chi connectivity index (χ0) is 41.6. The summed E-state index contributed by atoms with van der Waals surface area (Å²) in [6, 6.07) is 0. The number of carbonyl (C=O) groups excluding carboxylic acids is 1. The Labute approximate surface area is 330 Å². The van der Waals surface area contributed by atoms with Gasteiger partial charge < -0.3 is 84.6 Å². The minimum Gasteiger partial charge on any atom is -0.432 e. The van der Waals surface area contributed by atoms with Crippen molar-refractivity contribution in [3.63, 3.8) is 0 Å². The fourth-order valence-corrected chi connectivity index (χ4v) is 12.6. The second-order valence-electron chi connectivity index (χ2n) is 18.1. The summed E-state index contributed by atoms with van der Waals surface area (Å²) in [6.07, 6.45) is -19.4. The lowest BCUT2D eigenvalue weighted by Gasteiger charge is -2.68. The first-order valence-electron chi connectivity index (χ1n) is 20.3. The van der Waals surface area contributed by atoms with Crippen molar-refractivity contribution >= 4 is 5.97 Å². The van der Waals surface area contributed by atoms with Crippen LogP contribution in [0.5, 0.6) is 0 Å². The average molecular weight is 819 g/mol. The van der Waals surface area contributed by atoms with E-state index in [9.17, 15) is 56.2 Å². The van der Waals surface area contributed by atoms with Crippen LogP contribution in [0.1, 0.15) is 72.1 Å². The Morgan fingerprint density at radius 1 is 0.702 bits per heavy atom. The Morgan fingerprint density at radius 3 is 1.84 bits per heavy atom. The molecular weight excluding hydrogens is 756 g/mol. The molecule has 3 aliphatic heterocycles. The molecule has 0 aromatic heterocycles. The lowest BCUT2D eigenvalue weighted by atomic mass is 9.36. The van der Waals surface area contributed by atoms with E-state index in [-0.39, 0.29) is 17.8 Å². The number of rotatable bonds is 9. The Morgan fingerprint density at radius 2 is 1.25 bits per heavy atom. The van der Waals surface area contributed by atoms with Crippen molar-refractivity contribution in [1.29, 1.82) is 0 Å². The second-order valence-corrected chi connectivity index (χ2v) is 18.1. The van der Waals surface area contributed by atoms with E-state index in [4.69, 9.17) is 28.4 Å². The first kappa shape index (κ1) is 43.7. The van der Waals surface area contributed by atoms with Crippen molar-refractivity contribution in [2.75, 3.05) is 19.8 Å². The lowest BCUT2D eigenvalue weighted by molar-refractivity contribution is -0.365. The van der Waals surface area contributed by atoms with E-state index in [0.29, 0.717) is 44.9 Å². The number of esters is 1. The number of fused-ring (bicyclic) bond motifs is 3. The van der Waals surface area contributed by atoms with Gasteiger partial charge in [0.2, 0.25) is 6.29 Å². The first-order chi connectivity index (χ1) is 26.9. The summed E-state index contributed by atoms with van der Waals surface area (Å²) < 4.78 is 35.9. The number of hydrogen-bond donors (Lipinski definition) is 11. The molecule has 326 valence electrons. The summed E-state index contributed by atoms with van der Waals surface area (Å²) >= 11 is 0. The SMILES string of the molecule is C=C1C[C@@]23CCC4(C(=O)OC5OC(CO)C(O)C(O)C5OC5OC(CO)C(O)C(O)C5O)[C@@H](C)CCC[C@@]4(C)[C@@H]2CC[C@]1(OC1OC(CO)C(O)C(O)C1O)[C@@H]3C. The van der Waals surface area contributed by atoms with Crippen LogP contribution in [0.25, 0.3) is 0 Å². The molecule has 3 heterocycles. The van der Waals surface area contributed by atoms with Crippen molar-refractivity contribution in [2.24, 2.45) is 34.0 Å². The Kier molecular flexibility index (Phi) is 12.1. The highest BCUT2D eigenvalue weighted by Crippen LogP contribution is 2.77. The third-order valence-electron chi connectivity index (χ3n) is 15.9. The van der Waals surface area contributed by atoms with Gasteiger partial charge in [0.1, 0.15) is 67.1 Å². The maximum Gasteiger partial charge on any atom is 0.315 e. The van der Waals surface area contributed by atoms with Crippen molar-refractivity contribution < 1.29 is 89.4 Å². The third kappa shape index (κ3) is 6.39. The van der Waals surface area contributed by atoms with Crippen LogP contribution in [-0.2, 0) is 33.2 Å². The maximum atomic E-state index is 15.1. The van der Waals surface area contributed by atoms with Crippen LogP contribution >= 0.6 is 0 Å². The summed E-state index contributed by atoms with van der Waals surface area (Å²) in [5.74, 6) is -1.05. The summed E-state index contributed by atoms with van der Waals surface area (Å²) in [5.41, 5.74) is -2.33. The third-order valence-corrected chi connectivity index (χ3v) is 15.9. The van der Waals surface area contributed by atoms with Gasteiger partial charge in [-0.1, -0.05) is 33.8 Å². The van der Waals surface area contributed by atoms with E-state index >= 15 is 4.79 Å². The molecule has 2 bridgehead atoms. The molecule has 57 heavy (non-hydrogen) atoms. The molecule has 18 nitrogen and oxygen atoms in total. The van der Waals surface area contributed by atoms with Crippen LogP contribution in [0.2, 0.25) is 0 Å². The molecule has 7 rings (SSSR count). The molecule has 11 N–H and O–H groups in total. The zero-order valence-electron chi connectivity index (χ0n) is 32.7. The van der Waals surface area contributed by atoms with E-state index < -0.39 is 140 Å². The first-order valence-corrected chi connectivity index (χ1v) is 20.3. The van der Waals surface area contributed by atoms with Crippen molar-refractivity contribution in [2.45, 2.75) is 170 Å². The molecule has 18 heteroatoms. The molecule has 7 aliphatic rings. The van der Waals surface area contributed by atoms with Crippen LogP contribution in [-0.4, -0.2) is 180 Å². The quantitative estimate of drug-likeness (QED) is 0.0641. The van der Waals surface area contributed by atoms with Crippen LogP contribution in [0.4, 0.5) is 0 Å². The van der Waals surface area contributed by atoms with Gasteiger partial charge in [0, 0.05) is 0 Å². The van der Waals surface area contributed by atoms with Gasteiger partial charge >= 0.3 is 5.97 Å². The van der Waals surface area contributed by atoms with Gasteiger partial charge in [-0.2, -0.15) is 0 Å². The minimum absolute atomic E-state index is 0.0548. The predicted molar refractivity (Wildman–Crippen MR) is 191 cm³/mol. The molecule has 4 saturated carbocycles. The van der Waals surface area contributed by atoms with Gasteiger partial charge in [0.05, 0.1) is 30.8 Å². The van der Waals surface area contributed by atoms with E-state index in [2.05, 4.69) is 20.4 Å². The van der Waals surface area contributed by atoms with Crippen LogP contribution in [0.3, 0.4) is 0 Å². The molecule has 3 saturated heterocycles. The Hall–Kier alpha value is -1.43. The van der Waals surface area contributed by atoms with Gasteiger partial charge in [-0.3, -0.25) is 4.79 Å². The lowest BCUT2D eigenvalue weighted by Crippen LogP contribution is -2.68. The molecule has 16 unspecified atom stereocenters. The number of aliphatic hydroxyl groups is 11. The van der Waals surface area contributed by atoms with Gasteiger partial charge in [-0.25, -0.2) is 0 Å². The second kappa shape index (κ2) is 15.8. The summed E-state index contributed by atoms with van der Waals surface area (Å²) in [6.45, 7) is 8.58. The summed E-state index contributed by atoms with van der Waals surface area (Å²) in [5, 5.41) is 115. The Bertz CT molecular complexity index is 1480. The van der Waals surface area contributed by atoms with Crippen molar-refractivity contribution in [3.8, 4) is 0 Å². The topological polar surface area (TPSA) is 295 Å². The standard InChI is InChI=1S/C39H62O18/c1-16-6-5-8-36(4)22-7-9-39(57-33-30(50)27(47)24(44)20(14-41)53-33)17(2)12-37(22,18(39)3)10-11-38(16,36)35(51)56-34-31(28(48)25(45)21(15-42)54-34)55-32-29(49)26(46)23(43)19(13-40)52-32/h16,18-34,40-50H,2,5-15H2,1,3-4H3/t16-,18+,19?,20?,21?,22-,23?,24?,25?,26?,27?,28?,29?,30?,31?,32?,33?,34?,36-,37+,38?,39+/m0/s1. The number of carbonyl (C=O) groups is 1. The van der Waals surface area contributed by atoms with Crippen LogP contribution in [0.15, 0.2) is 12.2 Å². The predicted octanol–water partition coefficient (Wildman–Crippen LogP) is -2.69. The summed E-state index contributed by atoms with van der Waals surface area (Å²) in [7, 11) is 0. The zero-order valence-corrected chi connectivity index (χ0v) is 32.7. The molecule has 7 fully saturated rings. The molecule has 1 spiro atoms. The Balaban J connectivity index is 1.17. The largest absolute Gasteiger partial charge is 0.432 e. The number of aliphatic hydroxyl groups excluding tert-OH is 11. The molecule has 4 aliphatic carbocycles. The smallest absolute Gasteiger partial charge is 0.315 e. The van der Waals surface area contributed by atoms with Crippen LogP contribution in [0, 0.1) is 34.0 Å². The summed E-state index contributed by atoms with van der Waals surface area (Å²) in [4.78, 5) is 15.1. The van der Waals surface area contributed by atoms with Crippen molar-refractivity contribution in [3.05, 3.63) is 12.2 Å². The van der Waals surface area contributed by atoms with Gasteiger partial charge in [-0.15, -0.1) is 0 Å². The van der Waals surface area contributed by atoms with Crippen LogP contribution < -0.4 is 0 Å². The molecule has 0 aromatic carbocycles. The van der Waals surface area contributed by atoms with Crippen molar-refractivity contribution in [1.82, 2.24) is 0 Å². The van der Waals surface area contributed by atoms with E-state index in [1.165, 1.54) is 0 Å². The van der Waals surface area contributed by atoms with Gasteiger partial charge in [0.15, 0.2) is 18.7 Å². The highest BCUT2D eigenvalue weighted by Gasteiger charge is 2.75. The van der Waals surface area contributed by atoms with Gasteiger partial charge in [-0.05, 0) is 79.1 Å². The molecule has 0 radical (unpaired) electrons. The molecule has 0 aromatic rings. The normalized spacial score (nSPS) is 55.2. The molecule has 0 amide bonds. The maximum absolute atomic E-state index is 15.1. The fourth-order valence-electron chi connectivity index (χ4n) is 12.6. The fraction of sp³-hybridized carbons (Fsp3) is 0.923. The highest BCUT2D eigenvalue weighted by atomic mass is 16.8. The van der Waals surface area contributed by atoms with E-state index in [0.717, 1.165) is 12.0 Å². The average Bonchev–Trinajstić information content (AvgIpc) is 3.28. The highest BCUT2D eigenvalue weighted by molar-refractivity contribution is 5.79. The number of ether oxygens (including phenoxy) is 6. The molecule has 22 atom stereocenters.